The van der Waals surface area contributed by atoms with Crippen molar-refractivity contribution in [3.05, 3.63) is 0 Å². The second-order valence-corrected chi connectivity index (χ2v) is 4.51. The molecular formula is C12H19N3O4. The molecule has 0 bridgehead atoms. The molecule has 1 saturated heterocycles. The molecule has 1 heterocycles. The van der Waals surface area contributed by atoms with Crippen molar-refractivity contribution in [1.82, 2.24) is 15.5 Å². The van der Waals surface area contributed by atoms with Crippen LogP contribution in [0.3, 0.4) is 0 Å². The number of nitrogens with zero attached hydrogens (tertiary/aromatic N) is 1. The van der Waals surface area contributed by atoms with Crippen LogP contribution in [-0.4, -0.2) is 48.2 Å². The van der Waals surface area contributed by atoms with Crippen LogP contribution in [0, 0.1) is 0 Å². The minimum absolute atomic E-state index is 0.0452. The lowest BCUT2D eigenvalue weighted by Crippen LogP contribution is -2.53. The van der Waals surface area contributed by atoms with E-state index in [0.29, 0.717) is 19.4 Å². The van der Waals surface area contributed by atoms with Crippen molar-refractivity contribution in [2.24, 2.45) is 0 Å². The Bertz CT molecular complexity index is 365. The van der Waals surface area contributed by atoms with Crippen LogP contribution in [0.1, 0.15) is 32.6 Å². The van der Waals surface area contributed by atoms with Gasteiger partial charge in [0.1, 0.15) is 13.1 Å². The Morgan fingerprint density at radius 3 is 2.37 bits per heavy atom. The Balaban J connectivity index is 2.15. The van der Waals surface area contributed by atoms with Gasteiger partial charge in [0.15, 0.2) is 0 Å². The van der Waals surface area contributed by atoms with Crippen LogP contribution in [0.4, 0.5) is 0 Å². The molecule has 106 valence electrons. The van der Waals surface area contributed by atoms with E-state index in [1.54, 1.807) is 0 Å². The molecular weight excluding hydrogens is 250 g/mol. The molecule has 0 aliphatic carbocycles. The van der Waals surface area contributed by atoms with Crippen molar-refractivity contribution >= 4 is 23.6 Å². The first-order valence-electron chi connectivity index (χ1n) is 6.34. The quantitative estimate of drug-likeness (QED) is 0.486. The molecule has 19 heavy (non-hydrogen) atoms. The van der Waals surface area contributed by atoms with Crippen LogP contribution in [-0.2, 0) is 19.2 Å². The predicted molar refractivity (Wildman–Crippen MR) is 66.9 cm³/mol. The molecule has 0 aromatic rings. The number of carbonyl (C=O) groups excluding carboxylic acids is 4. The standard InChI is InChI=1S/C12H19N3O4/c1-9(16)13-6-4-2-3-5-12(19)15-7-10(17)14-11(18)8-15/h2-8H2,1H3,(H,13,16)(H,14,17,18). The molecule has 0 unspecified atom stereocenters. The Hall–Kier alpha value is -1.92. The molecule has 1 aliphatic rings. The van der Waals surface area contributed by atoms with E-state index in [1.165, 1.54) is 11.8 Å². The summed E-state index contributed by atoms with van der Waals surface area (Å²) in [5.41, 5.74) is 0. The van der Waals surface area contributed by atoms with Gasteiger partial charge in [-0.2, -0.15) is 0 Å². The first-order valence-corrected chi connectivity index (χ1v) is 6.34. The fourth-order valence-corrected chi connectivity index (χ4v) is 1.81. The van der Waals surface area contributed by atoms with Gasteiger partial charge in [0, 0.05) is 19.9 Å². The molecule has 2 N–H and O–H groups in total. The van der Waals surface area contributed by atoms with E-state index >= 15 is 0 Å². The summed E-state index contributed by atoms with van der Waals surface area (Å²) < 4.78 is 0. The highest BCUT2D eigenvalue weighted by atomic mass is 16.2. The summed E-state index contributed by atoms with van der Waals surface area (Å²) in [6, 6.07) is 0. The fourth-order valence-electron chi connectivity index (χ4n) is 1.81. The van der Waals surface area contributed by atoms with Crippen LogP contribution >= 0.6 is 0 Å². The van der Waals surface area contributed by atoms with Crippen LogP contribution in [0.2, 0.25) is 0 Å². The van der Waals surface area contributed by atoms with Crippen molar-refractivity contribution in [2.45, 2.75) is 32.6 Å². The van der Waals surface area contributed by atoms with Crippen molar-refractivity contribution in [3.8, 4) is 0 Å². The van der Waals surface area contributed by atoms with E-state index in [0.717, 1.165) is 12.8 Å². The summed E-state index contributed by atoms with van der Waals surface area (Å²) in [6.45, 7) is 1.98. The van der Waals surface area contributed by atoms with E-state index in [-0.39, 0.29) is 24.9 Å². The average Bonchev–Trinajstić information content (AvgIpc) is 2.31. The number of imide groups is 1. The maximum Gasteiger partial charge on any atom is 0.246 e. The Morgan fingerprint density at radius 1 is 1.16 bits per heavy atom. The highest BCUT2D eigenvalue weighted by Gasteiger charge is 2.25. The van der Waals surface area contributed by atoms with Gasteiger partial charge in [0.05, 0.1) is 0 Å². The van der Waals surface area contributed by atoms with Crippen molar-refractivity contribution in [2.75, 3.05) is 19.6 Å². The first kappa shape index (κ1) is 15.1. The molecule has 0 aromatic carbocycles. The second-order valence-electron chi connectivity index (χ2n) is 4.51. The molecule has 0 spiro atoms. The van der Waals surface area contributed by atoms with Crippen molar-refractivity contribution in [1.29, 1.82) is 0 Å². The zero-order valence-electron chi connectivity index (χ0n) is 11.0. The maximum absolute atomic E-state index is 11.8. The SMILES string of the molecule is CC(=O)NCCCCCC(=O)N1CC(=O)NC(=O)C1. The number of unbranched alkanes of at least 4 members (excludes halogenated alkanes) is 2. The highest BCUT2D eigenvalue weighted by molar-refractivity contribution is 6.02. The van der Waals surface area contributed by atoms with Gasteiger partial charge in [-0.25, -0.2) is 0 Å². The molecule has 0 atom stereocenters. The van der Waals surface area contributed by atoms with Gasteiger partial charge in [-0.05, 0) is 12.8 Å². The van der Waals surface area contributed by atoms with Gasteiger partial charge in [0.25, 0.3) is 0 Å². The molecule has 7 heteroatoms. The molecule has 0 radical (unpaired) electrons. The van der Waals surface area contributed by atoms with Crippen LogP contribution in [0.25, 0.3) is 0 Å². The van der Waals surface area contributed by atoms with Crippen LogP contribution < -0.4 is 10.6 Å². The molecule has 0 saturated carbocycles. The van der Waals surface area contributed by atoms with Crippen LogP contribution in [0.15, 0.2) is 0 Å². The van der Waals surface area contributed by atoms with Crippen LogP contribution in [0.5, 0.6) is 0 Å². The van der Waals surface area contributed by atoms with Gasteiger partial charge < -0.3 is 10.2 Å². The molecule has 0 aromatic heterocycles. The predicted octanol–water partition coefficient (Wildman–Crippen LogP) is -0.832. The fraction of sp³-hybridized carbons (Fsp3) is 0.667. The van der Waals surface area contributed by atoms with Gasteiger partial charge in [0.2, 0.25) is 23.6 Å². The number of nitrogens with one attached hydrogen (secondary N) is 2. The van der Waals surface area contributed by atoms with Gasteiger partial charge in [-0.15, -0.1) is 0 Å². The van der Waals surface area contributed by atoms with E-state index in [4.69, 9.17) is 0 Å². The third-order valence-corrected chi connectivity index (χ3v) is 2.74. The summed E-state index contributed by atoms with van der Waals surface area (Å²) in [4.78, 5) is 45.8. The number of rotatable bonds is 6. The maximum atomic E-state index is 11.8. The zero-order chi connectivity index (χ0) is 14.3. The molecule has 1 aliphatic heterocycles. The van der Waals surface area contributed by atoms with Gasteiger partial charge >= 0.3 is 0 Å². The summed E-state index contributed by atoms with van der Waals surface area (Å²) >= 11 is 0. The summed E-state index contributed by atoms with van der Waals surface area (Å²) in [5.74, 6) is -1.11. The van der Waals surface area contributed by atoms with Gasteiger partial charge in [-0.3, -0.25) is 24.5 Å². The van der Waals surface area contributed by atoms with E-state index in [9.17, 15) is 19.2 Å². The van der Waals surface area contributed by atoms with Crippen molar-refractivity contribution < 1.29 is 19.2 Å². The molecule has 1 fully saturated rings. The third-order valence-electron chi connectivity index (χ3n) is 2.74. The number of piperazine rings is 1. The van der Waals surface area contributed by atoms with Gasteiger partial charge in [-0.1, -0.05) is 6.42 Å². The Kier molecular flexibility index (Phi) is 5.98. The first-order chi connectivity index (χ1) is 8.99. The lowest BCUT2D eigenvalue weighted by molar-refractivity contribution is -0.145. The summed E-state index contributed by atoms with van der Waals surface area (Å²) in [6.07, 6.45) is 2.64. The third kappa shape index (κ3) is 5.98. The van der Waals surface area contributed by atoms with E-state index < -0.39 is 11.8 Å². The van der Waals surface area contributed by atoms with E-state index in [1.807, 2.05) is 0 Å². The average molecular weight is 269 g/mol. The normalized spacial score (nSPS) is 15.1. The second kappa shape index (κ2) is 7.50. The minimum Gasteiger partial charge on any atom is -0.356 e. The summed E-state index contributed by atoms with van der Waals surface area (Å²) in [5, 5.41) is 4.82. The number of hydrogen-bond acceptors (Lipinski definition) is 4. The summed E-state index contributed by atoms with van der Waals surface area (Å²) in [7, 11) is 0. The minimum atomic E-state index is -0.435. The smallest absolute Gasteiger partial charge is 0.246 e. The monoisotopic (exact) mass is 269 g/mol. The molecule has 4 amide bonds. The topological polar surface area (TPSA) is 95.6 Å². The van der Waals surface area contributed by atoms with Crippen molar-refractivity contribution in [3.63, 3.8) is 0 Å². The lowest BCUT2D eigenvalue weighted by atomic mass is 10.1. The largest absolute Gasteiger partial charge is 0.356 e. The highest BCUT2D eigenvalue weighted by Crippen LogP contribution is 2.05. The van der Waals surface area contributed by atoms with E-state index in [2.05, 4.69) is 10.6 Å². The zero-order valence-corrected chi connectivity index (χ0v) is 11.0. The Labute approximate surface area is 111 Å². The number of amides is 4. The molecule has 7 nitrogen and oxygen atoms in total. The Morgan fingerprint density at radius 2 is 1.79 bits per heavy atom. The molecule has 1 rings (SSSR count). The number of carbonyl (C=O) groups is 4. The number of hydrogen-bond donors (Lipinski definition) is 2. The lowest BCUT2D eigenvalue weighted by Gasteiger charge is -2.25.